The Hall–Kier alpha value is -3.38. The Morgan fingerprint density at radius 2 is 1.98 bits per heavy atom. The van der Waals surface area contributed by atoms with E-state index in [2.05, 4.69) is 43.0 Å². The number of benzene rings is 1. The fourth-order valence-electron chi connectivity index (χ4n) is 5.98. The van der Waals surface area contributed by atoms with Gasteiger partial charge in [-0.05, 0) is 88.9 Å². The first-order valence-electron chi connectivity index (χ1n) is 15.2. The highest BCUT2D eigenvalue weighted by molar-refractivity contribution is 6.30. The van der Waals surface area contributed by atoms with Gasteiger partial charge in [0.25, 0.3) is 5.88 Å². The second kappa shape index (κ2) is 14.2. The lowest BCUT2D eigenvalue weighted by Gasteiger charge is -2.42. The topological polar surface area (TPSA) is 125 Å². The first-order valence-corrected chi connectivity index (χ1v) is 15.6. The number of nitrogens with one attached hydrogen (secondary N) is 3. The smallest absolute Gasteiger partial charge is 0.257 e. The normalized spacial score (nSPS) is 22.7. The molecule has 0 radical (unpaired) electrons. The number of hydrogen-bond acceptors (Lipinski definition) is 9. The number of likely N-dealkylation sites (N-methyl/N-ethyl adjacent to an activating group) is 1. The highest BCUT2D eigenvalue weighted by atomic mass is 35.5. The molecule has 2 aliphatic rings. The average Bonchev–Trinajstić information content (AvgIpc) is 2.94. The Balaban J connectivity index is 1.28. The van der Waals surface area contributed by atoms with Crippen LogP contribution in [0.5, 0.6) is 5.88 Å². The van der Waals surface area contributed by atoms with E-state index in [1.165, 1.54) is 18.2 Å². The summed E-state index contributed by atoms with van der Waals surface area (Å²) in [4.78, 5) is 19.9. The zero-order chi connectivity index (χ0) is 31.3. The van der Waals surface area contributed by atoms with Crippen molar-refractivity contribution in [2.45, 2.75) is 57.6 Å². The van der Waals surface area contributed by atoms with E-state index in [9.17, 15) is 14.3 Å². The molecule has 0 unspecified atom stereocenters. The summed E-state index contributed by atoms with van der Waals surface area (Å²) in [5, 5.41) is 28.4. The van der Waals surface area contributed by atoms with Crippen LogP contribution < -0.4 is 20.7 Å². The zero-order valence-corrected chi connectivity index (χ0v) is 26.2. The molecular weight excluding hydrogens is 585 g/mol. The summed E-state index contributed by atoms with van der Waals surface area (Å²) in [6, 6.07) is 9.81. The maximum Gasteiger partial charge on any atom is 0.257 e. The van der Waals surface area contributed by atoms with Gasteiger partial charge >= 0.3 is 0 Å². The minimum Gasteiger partial charge on any atom is -0.475 e. The monoisotopic (exact) mass is 625 g/mol. The number of rotatable bonds is 14. The van der Waals surface area contributed by atoms with E-state index in [4.69, 9.17) is 16.3 Å². The summed E-state index contributed by atoms with van der Waals surface area (Å²) in [5.74, 6) is 0.273. The molecule has 2 fully saturated rings. The standard InChI is InChI=1S/C32H41ClFN7O3/c1-4-10-41(11-9-35-3)24-12-21(13-24)30(42)38-29-15-23(7-8-36-29)37-28-16-27(25-14-22(33)5-6-26(25)34)39-40-31(28)44-19-20-17-32(2,43)18-20/h5-8,14-16,20-21,24,35,43H,4,9-13,17-19H2,1-3H3,(H2,36,37,38,39,42). The van der Waals surface area contributed by atoms with Crippen LogP contribution in [0.25, 0.3) is 11.3 Å². The molecular formula is C32H41ClFN7O3. The van der Waals surface area contributed by atoms with Crippen LogP contribution in [0.3, 0.4) is 0 Å². The van der Waals surface area contributed by atoms with Gasteiger partial charge in [-0.25, -0.2) is 9.37 Å². The lowest BCUT2D eigenvalue weighted by atomic mass is 9.73. The summed E-state index contributed by atoms with van der Waals surface area (Å²) in [7, 11) is 1.95. The van der Waals surface area contributed by atoms with E-state index >= 15 is 0 Å². The van der Waals surface area contributed by atoms with Crippen molar-refractivity contribution in [1.29, 1.82) is 0 Å². The molecule has 12 heteroatoms. The fourth-order valence-corrected chi connectivity index (χ4v) is 6.15. The number of carbonyl (C=O) groups excluding carboxylic acids is 1. The molecule has 1 amide bonds. The predicted octanol–water partition coefficient (Wildman–Crippen LogP) is 5.26. The maximum absolute atomic E-state index is 14.7. The first-order chi connectivity index (χ1) is 21.1. The summed E-state index contributed by atoms with van der Waals surface area (Å²) in [6.07, 6.45) is 5.61. The van der Waals surface area contributed by atoms with Crippen molar-refractivity contribution in [1.82, 2.24) is 25.4 Å². The maximum atomic E-state index is 14.7. The molecule has 0 aliphatic heterocycles. The van der Waals surface area contributed by atoms with Gasteiger partial charge in [0.1, 0.15) is 17.3 Å². The predicted molar refractivity (Wildman–Crippen MR) is 170 cm³/mol. The second-order valence-electron chi connectivity index (χ2n) is 12.2. The van der Waals surface area contributed by atoms with Gasteiger partial charge in [-0.1, -0.05) is 18.5 Å². The van der Waals surface area contributed by atoms with Gasteiger partial charge in [0.15, 0.2) is 0 Å². The van der Waals surface area contributed by atoms with Gasteiger partial charge in [0.2, 0.25) is 5.91 Å². The SMILES string of the molecule is CCCN(CCNC)C1CC(C(=O)Nc2cc(Nc3cc(-c4cc(Cl)ccc4F)nnc3OCC3CC(C)(O)C3)ccn2)C1. The summed E-state index contributed by atoms with van der Waals surface area (Å²) < 4.78 is 20.7. The number of aliphatic hydroxyl groups is 1. The first kappa shape index (κ1) is 32.0. The van der Waals surface area contributed by atoms with Gasteiger partial charge in [-0.2, -0.15) is 0 Å². The summed E-state index contributed by atoms with van der Waals surface area (Å²) in [5.41, 5.74) is 0.905. The Bertz CT molecular complexity index is 1450. The van der Waals surface area contributed by atoms with E-state index in [1.807, 2.05) is 7.05 Å². The third-order valence-corrected chi connectivity index (χ3v) is 8.56. The van der Waals surface area contributed by atoms with E-state index in [-0.39, 0.29) is 34.9 Å². The third kappa shape index (κ3) is 8.01. The minimum absolute atomic E-state index is 0.0411. The van der Waals surface area contributed by atoms with Crippen LogP contribution in [-0.2, 0) is 4.79 Å². The van der Waals surface area contributed by atoms with Gasteiger partial charge in [-0.3, -0.25) is 9.69 Å². The molecule has 236 valence electrons. The Kier molecular flexibility index (Phi) is 10.3. The van der Waals surface area contributed by atoms with Crippen LogP contribution in [0.15, 0.2) is 42.6 Å². The van der Waals surface area contributed by atoms with Crippen molar-refractivity contribution in [2.75, 3.05) is 43.9 Å². The molecule has 2 aliphatic carbocycles. The summed E-state index contributed by atoms with van der Waals surface area (Å²) in [6.45, 7) is 7.26. The van der Waals surface area contributed by atoms with Gasteiger partial charge in [0.05, 0.1) is 17.9 Å². The van der Waals surface area contributed by atoms with E-state index in [0.717, 1.165) is 38.9 Å². The number of halogens is 2. The number of aromatic nitrogens is 3. The molecule has 2 saturated carbocycles. The van der Waals surface area contributed by atoms with Crippen molar-refractivity contribution in [3.05, 3.63) is 53.4 Å². The molecule has 4 N–H and O–H groups in total. The van der Waals surface area contributed by atoms with Crippen molar-refractivity contribution >= 4 is 34.7 Å². The third-order valence-electron chi connectivity index (χ3n) is 8.33. The minimum atomic E-state index is -0.672. The van der Waals surface area contributed by atoms with Crippen LogP contribution in [0.4, 0.5) is 21.6 Å². The number of amides is 1. The lowest BCUT2D eigenvalue weighted by Crippen LogP contribution is -2.50. The number of ether oxygens (including phenoxy) is 1. The van der Waals surface area contributed by atoms with Crippen LogP contribution >= 0.6 is 11.6 Å². The molecule has 1 aromatic carbocycles. The van der Waals surface area contributed by atoms with Gasteiger partial charge in [-0.15, -0.1) is 10.2 Å². The molecule has 10 nitrogen and oxygen atoms in total. The van der Waals surface area contributed by atoms with E-state index < -0.39 is 11.4 Å². The van der Waals surface area contributed by atoms with Crippen LogP contribution in [-0.4, -0.2) is 76.0 Å². The molecule has 0 atom stereocenters. The van der Waals surface area contributed by atoms with Crippen molar-refractivity contribution < 1.29 is 19.0 Å². The number of anilines is 3. The zero-order valence-electron chi connectivity index (χ0n) is 25.4. The molecule has 0 saturated heterocycles. The van der Waals surface area contributed by atoms with Crippen LogP contribution in [0, 0.1) is 17.7 Å². The molecule has 0 bridgehead atoms. The van der Waals surface area contributed by atoms with Gasteiger partial charge in [0, 0.05) is 53.6 Å². The van der Waals surface area contributed by atoms with Crippen molar-refractivity contribution in [2.24, 2.45) is 11.8 Å². The highest BCUT2D eigenvalue weighted by Gasteiger charge is 2.39. The molecule has 44 heavy (non-hydrogen) atoms. The molecule has 2 heterocycles. The van der Waals surface area contributed by atoms with Crippen molar-refractivity contribution in [3.63, 3.8) is 0 Å². The molecule has 3 aromatic rings. The Morgan fingerprint density at radius 3 is 2.70 bits per heavy atom. The Labute approximate surface area is 262 Å². The molecule has 5 rings (SSSR count). The quantitative estimate of drug-likeness (QED) is 0.190. The number of pyridine rings is 1. The number of nitrogens with zero attached hydrogens (tertiary/aromatic N) is 4. The number of carbonyl (C=O) groups is 1. The second-order valence-corrected chi connectivity index (χ2v) is 12.6. The Morgan fingerprint density at radius 1 is 1.18 bits per heavy atom. The number of hydrogen-bond donors (Lipinski definition) is 4. The van der Waals surface area contributed by atoms with Gasteiger partial charge < -0.3 is 25.8 Å². The molecule has 2 aromatic heterocycles. The van der Waals surface area contributed by atoms with E-state index in [1.54, 1.807) is 31.3 Å². The van der Waals surface area contributed by atoms with Crippen LogP contribution in [0.2, 0.25) is 5.02 Å². The summed E-state index contributed by atoms with van der Waals surface area (Å²) >= 11 is 6.13. The highest BCUT2D eigenvalue weighted by Crippen LogP contribution is 2.39. The van der Waals surface area contributed by atoms with E-state index in [0.29, 0.717) is 47.7 Å². The fraction of sp³-hybridized carbons (Fsp3) is 0.500. The van der Waals surface area contributed by atoms with Crippen LogP contribution in [0.1, 0.15) is 46.0 Å². The van der Waals surface area contributed by atoms with Crippen molar-refractivity contribution in [3.8, 4) is 17.1 Å². The lowest BCUT2D eigenvalue weighted by molar-refractivity contribution is -0.124. The largest absolute Gasteiger partial charge is 0.475 e. The molecule has 0 spiro atoms. The average molecular weight is 626 g/mol.